The first kappa shape index (κ1) is 10.6. The number of ether oxygens (including phenoxy) is 1. The van der Waals surface area contributed by atoms with Gasteiger partial charge in [0.25, 0.3) is 0 Å². The second-order valence-corrected chi connectivity index (χ2v) is 4.80. The molecule has 15 heavy (non-hydrogen) atoms. The van der Waals surface area contributed by atoms with Gasteiger partial charge in [0.2, 0.25) is 0 Å². The van der Waals surface area contributed by atoms with Gasteiger partial charge in [-0.2, -0.15) is 0 Å². The van der Waals surface area contributed by atoms with Crippen molar-refractivity contribution in [2.75, 3.05) is 0 Å². The summed E-state index contributed by atoms with van der Waals surface area (Å²) in [6, 6.07) is 0. The molecule has 1 fully saturated rings. The van der Waals surface area contributed by atoms with Crippen molar-refractivity contribution in [3.63, 3.8) is 0 Å². The van der Waals surface area contributed by atoms with Crippen LogP contribution in [0.5, 0.6) is 0 Å². The Morgan fingerprint density at radius 1 is 1.53 bits per heavy atom. The molecule has 0 aromatic carbocycles. The van der Waals surface area contributed by atoms with Crippen molar-refractivity contribution < 1.29 is 14.6 Å². The van der Waals surface area contributed by atoms with E-state index < -0.39 is 17.3 Å². The number of carbonyl (C=O) groups is 1. The quantitative estimate of drug-likeness (QED) is 0.520. The number of rotatable bonds is 1. The van der Waals surface area contributed by atoms with E-state index in [9.17, 15) is 9.90 Å². The molecule has 2 rings (SSSR count). The number of carbonyl (C=O) groups excluding carboxylic acids is 1. The second-order valence-electron chi connectivity index (χ2n) is 4.80. The van der Waals surface area contributed by atoms with Crippen molar-refractivity contribution in [3.05, 3.63) is 24.3 Å². The Hall–Kier alpha value is -0.930. The van der Waals surface area contributed by atoms with Crippen molar-refractivity contribution in [1.29, 1.82) is 0 Å². The smallest absolute Gasteiger partial charge is 0.193 e. The van der Waals surface area contributed by atoms with E-state index in [-0.39, 0.29) is 11.7 Å². The molecule has 0 aromatic heterocycles. The van der Waals surface area contributed by atoms with Crippen LogP contribution in [0.4, 0.5) is 0 Å². The molecular formula is C12H16O3. The fraction of sp³-hybridized carbons (Fsp3) is 0.583. The first-order chi connectivity index (χ1) is 6.83. The standard InChI is InChI=1S/C12H16O3/c1-7(2)12-6-5-11(4,15-12)8(3)9(13)10(12)14/h5-7,10,14H,3H2,1-2,4H3/t10-,11-,12-/m1/s1. The van der Waals surface area contributed by atoms with Gasteiger partial charge in [-0.15, -0.1) is 0 Å². The van der Waals surface area contributed by atoms with Crippen LogP contribution in [0.2, 0.25) is 0 Å². The van der Waals surface area contributed by atoms with Crippen LogP contribution in [0.15, 0.2) is 24.3 Å². The van der Waals surface area contributed by atoms with Crippen LogP contribution in [-0.4, -0.2) is 28.2 Å². The molecule has 3 nitrogen and oxygen atoms in total. The van der Waals surface area contributed by atoms with E-state index in [1.54, 1.807) is 13.0 Å². The lowest BCUT2D eigenvalue weighted by Crippen LogP contribution is -2.58. The van der Waals surface area contributed by atoms with Crippen LogP contribution < -0.4 is 0 Å². The zero-order valence-electron chi connectivity index (χ0n) is 9.28. The number of aliphatic hydroxyl groups is 1. The third-order valence-corrected chi connectivity index (χ3v) is 3.53. The van der Waals surface area contributed by atoms with Crippen molar-refractivity contribution in [2.45, 2.75) is 38.1 Å². The van der Waals surface area contributed by atoms with E-state index >= 15 is 0 Å². The summed E-state index contributed by atoms with van der Waals surface area (Å²) in [7, 11) is 0. The van der Waals surface area contributed by atoms with E-state index in [0.717, 1.165) is 0 Å². The van der Waals surface area contributed by atoms with Gasteiger partial charge in [-0.3, -0.25) is 4.79 Å². The molecular weight excluding hydrogens is 192 g/mol. The summed E-state index contributed by atoms with van der Waals surface area (Å²) in [5.74, 6) is -0.259. The summed E-state index contributed by atoms with van der Waals surface area (Å²) in [6.07, 6.45) is 2.50. The van der Waals surface area contributed by atoms with E-state index in [4.69, 9.17) is 4.74 Å². The highest BCUT2D eigenvalue weighted by Gasteiger charge is 2.58. The van der Waals surface area contributed by atoms with Gasteiger partial charge in [-0.25, -0.2) is 0 Å². The molecule has 0 unspecified atom stereocenters. The molecule has 2 aliphatic heterocycles. The number of hydrogen-bond acceptors (Lipinski definition) is 3. The maximum atomic E-state index is 11.8. The van der Waals surface area contributed by atoms with Crippen molar-refractivity contribution in [2.24, 2.45) is 5.92 Å². The number of aliphatic hydroxyl groups excluding tert-OH is 1. The van der Waals surface area contributed by atoms with Crippen LogP contribution in [0.25, 0.3) is 0 Å². The topological polar surface area (TPSA) is 46.5 Å². The monoisotopic (exact) mass is 208 g/mol. The largest absolute Gasteiger partial charge is 0.382 e. The molecule has 0 amide bonds. The maximum absolute atomic E-state index is 11.8. The SMILES string of the molecule is C=C1C(=O)[C@@H](O)[C@]2(C(C)C)C=C[C@@]1(C)O2. The minimum atomic E-state index is -1.13. The molecule has 2 aliphatic rings. The molecule has 3 atom stereocenters. The lowest BCUT2D eigenvalue weighted by molar-refractivity contribution is -0.178. The van der Waals surface area contributed by atoms with Crippen LogP contribution >= 0.6 is 0 Å². The van der Waals surface area contributed by atoms with E-state index in [2.05, 4.69) is 6.58 Å². The Morgan fingerprint density at radius 2 is 2.13 bits per heavy atom. The Balaban J connectivity index is 2.52. The first-order valence-electron chi connectivity index (χ1n) is 5.16. The van der Waals surface area contributed by atoms with Crippen molar-refractivity contribution in [1.82, 2.24) is 0 Å². The van der Waals surface area contributed by atoms with Gasteiger partial charge in [0.15, 0.2) is 5.78 Å². The summed E-state index contributed by atoms with van der Waals surface area (Å²) >= 11 is 0. The average molecular weight is 208 g/mol. The fourth-order valence-electron chi connectivity index (χ4n) is 2.27. The summed E-state index contributed by atoms with van der Waals surface area (Å²) in [5, 5.41) is 9.98. The number of hydrogen-bond donors (Lipinski definition) is 1. The highest BCUT2D eigenvalue weighted by molar-refractivity contribution is 6.03. The minimum absolute atomic E-state index is 0.0441. The summed E-state index contributed by atoms with van der Waals surface area (Å²) in [5.41, 5.74) is -1.27. The van der Waals surface area contributed by atoms with Gasteiger partial charge in [-0.05, 0) is 18.9 Å². The number of ketones is 1. The van der Waals surface area contributed by atoms with E-state index in [1.807, 2.05) is 19.9 Å². The summed E-state index contributed by atoms with van der Waals surface area (Å²) < 4.78 is 5.85. The molecule has 0 aromatic rings. The van der Waals surface area contributed by atoms with Gasteiger partial charge < -0.3 is 9.84 Å². The highest BCUT2D eigenvalue weighted by atomic mass is 16.5. The third kappa shape index (κ3) is 1.11. The molecule has 0 saturated carbocycles. The van der Waals surface area contributed by atoms with Crippen LogP contribution in [0, 0.1) is 5.92 Å². The minimum Gasteiger partial charge on any atom is -0.382 e. The molecule has 82 valence electrons. The second kappa shape index (κ2) is 2.80. The summed E-state index contributed by atoms with van der Waals surface area (Å²) in [6.45, 7) is 9.37. The van der Waals surface area contributed by atoms with Crippen LogP contribution in [0.1, 0.15) is 20.8 Å². The van der Waals surface area contributed by atoms with Gasteiger partial charge >= 0.3 is 0 Å². The molecule has 3 heteroatoms. The van der Waals surface area contributed by atoms with Gasteiger partial charge in [0.1, 0.15) is 17.3 Å². The Kier molecular flexibility index (Phi) is 1.98. The predicted octanol–water partition coefficient (Wildman–Crippen LogP) is 1.23. The van der Waals surface area contributed by atoms with Crippen molar-refractivity contribution >= 4 is 5.78 Å². The average Bonchev–Trinajstić information content (AvgIpc) is 2.52. The molecule has 2 heterocycles. The van der Waals surface area contributed by atoms with Crippen LogP contribution in [0.3, 0.4) is 0 Å². The normalized spacial score (nSPS) is 44.2. The van der Waals surface area contributed by atoms with E-state index in [0.29, 0.717) is 5.57 Å². The van der Waals surface area contributed by atoms with Gasteiger partial charge in [0.05, 0.1) is 0 Å². The lowest BCUT2D eigenvalue weighted by Gasteiger charge is -2.44. The first-order valence-corrected chi connectivity index (χ1v) is 5.16. The predicted molar refractivity (Wildman–Crippen MR) is 56.4 cm³/mol. The number of fused-ring (bicyclic) bond motifs is 2. The molecule has 1 N–H and O–H groups in total. The Bertz CT molecular complexity index is 369. The lowest BCUT2D eigenvalue weighted by atomic mass is 9.79. The zero-order valence-corrected chi connectivity index (χ0v) is 9.28. The zero-order chi connectivity index (χ0) is 11.4. The number of Topliss-reactive ketones (excluding diaryl/α,β-unsaturated/α-hetero) is 1. The molecule has 0 aliphatic carbocycles. The van der Waals surface area contributed by atoms with Crippen LogP contribution in [-0.2, 0) is 9.53 Å². The molecule has 2 bridgehead atoms. The van der Waals surface area contributed by atoms with Gasteiger partial charge in [-0.1, -0.05) is 26.5 Å². The molecule has 0 radical (unpaired) electrons. The molecule has 0 spiro atoms. The van der Waals surface area contributed by atoms with Crippen molar-refractivity contribution in [3.8, 4) is 0 Å². The highest BCUT2D eigenvalue weighted by Crippen LogP contribution is 2.47. The summed E-state index contributed by atoms with van der Waals surface area (Å²) in [4.78, 5) is 11.8. The Morgan fingerprint density at radius 3 is 2.67 bits per heavy atom. The fourth-order valence-corrected chi connectivity index (χ4v) is 2.27. The Labute approximate surface area is 89.4 Å². The maximum Gasteiger partial charge on any atom is 0.193 e. The van der Waals surface area contributed by atoms with E-state index in [1.165, 1.54) is 0 Å². The third-order valence-electron chi connectivity index (χ3n) is 3.53. The molecule has 1 saturated heterocycles. The van der Waals surface area contributed by atoms with Gasteiger partial charge in [0, 0.05) is 5.57 Å².